The average molecular weight is 310 g/mol. The second-order valence-electron chi connectivity index (χ2n) is 6.25. The predicted molar refractivity (Wildman–Crippen MR) is 94.8 cm³/mol. The van der Waals surface area contributed by atoms with Gasteiger partial charge in [0.05, 0.1) is 12.2 Å². The molecule has 0 N–H and O–H groups in total. The molecule has 0 saturated heterocycles. The number of carbonyl (C=O) groups is 1. The van der Waals surface area contributed by atoms with Gasteiger partial charge in [-0.3, -0.25) is 0 Å². The maximum absolute atomic E-state index is 12.3. The van der Waals surface area contributed by atoms with Gasteiger partial charge < -0.3 is 4.74 Å². The van der Waals surface area contributed by atoms with Gasteiger partial charge in [0.2, 0.25) is 0 Å². The molecular weight excluding hydrogens is 284 g/mol. The molecule has 23 heavy (non-hydrogen) atoms. The van der Waals surface area contributed by atoms with Crippen LogP contribution in [0, 0.1) is 5.92 Å². The highest BCUT2D eigenvalue weighted by Gasteiger charge is 2.16. The van der Waals surface area contributed by atoms with Crippen LogP contribution in [0.15, 0.2) is 48.5 Å². The molecule has 2 rings (SSSR count). The Morgan fingerprint density at radius 3 is 2.39 bits per heavy atom. The highest BCUT2D eigenvalue weighted by molar-refractivity contribution is 5.91. The zero-order chi connectivity index (χ0) is 16.7. The van der Waals surface area contributed by atoms with Crippen LogP contribution in [0.4, 0.5) is 0 Å². The van der Waals surface area contributed by atoms with E-state index in [1.54, 1.807) is 0 Å². The average Bonchev–Trinajstić information content (AvgIpc) is 2.54. The summed E-state index contributed by atoms with van der Waals surface area (Å²) >= 11 is 0. The second kappa shape index (κ2) is 8.52. The van der Waals surface area contributed by atoms with Gasteiger partial charge in [-0.2, -0.15) is 0 Å². The Morgan fingerprint density at radius 1 is 1.00 bits per heavy atom. The van der Waals surface area contributed by atoms with Crippen molar-refractivity contribution in [2.45, 2.75) is 40.0 Å². The molecule has 2 nitrogen and oxygen atoms in total. The minimum atomic E-state index is -0.204. The summed E-state index contributed by atoms with van der Waals surface area (Å²) in [6.07, 6.45) is 2.83. The fourth-order valence-electron chi connectivity index (χ4n) is 2.84. The molecule has 0 heterocycles. The smallest absolute Gasteiger partial charge is 0.338 e. The number of hydrogen-bond acceptors (Lipinski definition) is 2. The number of esters is 1. The molecule has 0 radical (unpaired) electrons. The van der Waals surface area contributed by atoms with Crippen molar-refractivity contribution in [3.63, 3.8) is 0 Å². The van der Waals surface area contributed by atoms with Crippen LogP contribution in [0.3, 0.4) is 0 Å². The van der Waals surface area contributed by atoms with E-state index in [0.29, 0.717) is 12.5 Å². The van der Waals surface area contributed by atoms with Crippen molar-refractivity contribution in [2.24, 2.45) is 5.92 Å². The molecule has 0 aliphatic rings. The van der Waals surface area contributed by atoms with Gasteiger partial charge >= 0.3 is 5.97 Å². The maximum Gasteiger partial charge on any atom is 0.338 e. The van der Waals surface area contributed by atoms with Crippen molar-refractivity contribution in [3.05, 3.63) is 70.8 Å². The molecule has 0 spiro atoms. The first-order chi connectivity index (χ1) is 11.1. The van der Waals surface area contributed by atoms with Crippen LogP contribution in [0.1, 0.15) is 47.8 Å². The van der Waals surface area contributed by atoms with Gasteiger partial charge in [0.25, 0.3) is 0 Å². The second-order valence-corrected chi connectivity index (χ2v) is 6.25. The van der Waals surface area contributed by atoms with Gasteiger partial charge in [0.15, 0.2) is 0 Å². The molecule has 122 valence electrons. The molecular formula is C21H26O2. The van der Waals surface area contributed by atoms with E-state index in [2.05, 4.69) is 44.2 Å². The van der Waals surface area contributed by atoms with Crippen LogP contribution in [0.2, 0.25) is 0 Å². The number of benzene rings is 2. The molecule has 2 heteroatoms. The Bertz CT molecular complexity index is 630. The van der Waals surface area contributed by atoms with Crippen molar-refractivity contribution in [1.82, 2.24) is 0 Å². The quantitative estimate of drug-likeness (QED) is 0.684. The van der Waals surface area contributed by atoms with E-state index in [1.807, 2.05) is 25.1 Å². The summed E-state index contributed by atoms with van der Waals surface area (Å²) in [7, 11) is 0. The van der Waals surface area contributed by atoms with E-state index in [9.17, 15) is 4.79 Å². The first-order valence-corrected chi connectivity index (χ1v) is 8.43. The van der Waals surface area contributed by atoms with E-state index in [4.69, 9.17) is 4.74 Å². The van der Waals surface area contributed by atoms with Gasteiger partial charge in [-0.05, 0) is 54.9 Å². The van der Waals surface area contributed by atoms with Crippen LogP contribution in [-0.2, 0) is 24.0 Å². The van der Waals surface area contributed by atoms with E-state index < -0.39 is 0 Å². The monoisotopic (exact) mass is 310 g/mol. The molecule has 0 aromatic heterocycles. The topological polar surface area (TPSA) is 26.3 Å². The summed E-state index contributed by atoms with van der Waals surface area (Å²) in [5.41, 5.74) is 4.46. The van der Waals surface area contributed by atoms with Gasteiger partial charge in [-0.15, -0.1) is 0 Å². The number of hydrogen-bond donors (Lipinski definition) is 0. The fraction of sp³-hybridized carbons (Fsp3) is 0.381. The Morgan fingerprint density at radius 2 is 1.74 bits per heavy atom. The molecule has 0 saturated carbocycles. The molecule has 0 aliphatic heterocycles. The maximum atomic E-state index is 12.3. The predicted octanol–water partition coefficient (Wildman–Crippen LogP) is 4.85. The molecule has 2 aromatic rings. The van der Waals surface area contributed by atoms with E-state index in [-0.39, 0.29) is 5.97 Å². The summed E-state index contributed by atoms with van der Waals surface area (Å²) in [6.45, 7) is 6.62. The minimum Gasteiger partial charge on any atom is -0.462 e. The van der Waals surface area contributed by atoms with Crippen LogP contribution < -0.4 is 0 Å². The zero-order valence-corrected chi connectivity index (χ0v) is 14.3. The van der Waals surface area contributed by atoms with E-state index in [0.717, 1.165) is 30.4 Å². The van der Waals surface area contributed by atoms with Crippen molar-refractivity contribution >= 4 is 5.97 Å². The highest BCUT2D eigenvalue weighted by Crippen LogP contribution is 2.22. The molecule has 0 unspecified atom stereocenters. The van der Waals surface area contributed by atoms with Crippen molar-refractivity contribution < 1.29 is 9.53 Å². The van der Waals surface area contributed by atoms with E-state index in [1.165, 1.54) is 11.1 Å². The van der Waals surface area contributed by atoms with Crippen LogP contribution in [-0.4, -0.2) is 12.6 Å². The lowest BCUT2D eigenvalue weighted by atomic mass is 9.90. The number of carbonyl (C=O) groups excluding carboxylic acids is 1. The molecule has 0 amide bonds. The Balaban J connectivity index is 2.26. The van der Waals surface area contributed by atoms with Crippen LogP contribution in [0.25, 0.3) is 0 Å². The zero-order valence-electron chi connectivity index (χ0n) is 14.3. The van der Waals surface area contributed by atoms with Gasteiger partial charge in [-0.1, -0.05) is 56.3 Å². The van der Waals surface area contributed by atoms with Crippen molar-refractivity contribution in [1.29, 1.82) is 0 Å². The third-order valence-electron chi connectivity index (χ3n) is 3.91. The van der Waals surface area contributed by atoms with Gasteiger partial charge in [0, 0.05) is 0 Å². The largest absolute Gasteiger partial charge is 0.462 e. The number of rotatable bonds is 7. The third kappa shape index (κ3) is 4.95. The third-order valence-corrected chi connectivity index (χ3v) is 3.91. The molecule has 0 atom stereocenters. The first-order valence-electron chi connectivity index (χ1n) is 8.43. The van der Waals surface area contributed by atoms with Crippen LogP contribution in [0.5, 0.6) is 0 Å². The highest BCUT2D eigenvalue weighted by atomic mass is 16.5. The lowest BCUT2D eigenvalue weighted by molar-refractivity contribution is 0.0525. The Kier molecular flexibility index (Phi) is 6.40. The van der Waals surface area contributed by atoms with Crippen LogP contribution >= 0.6 is 0 Å². The first kappa shape index (κ1) is 17.3. The number of aryl methyl sites for hydroxylation is 2. The van der Waals surface area contributed by atoms with Gasteiger partial charge in [0.1, 0.15) is 0 Å². The summed E-state index contributed by atoms with van der Waals surface area (Å²) in [6, 6.07) is 16.5. The number of ether oxygens (including phenoxy) is 1. The summed E-state index contributed by atoms with van der Waals surface area (Å²) in [5.74, 6) is 0.297. The summed E-state index contributed by atoms with van der Waals surface area (Å²) in [5, 5.41) is 0. The summed E-state index contributed by atoms with van der Waals surface area (Å²) in [4.78, 5) is 12.3. The minimum absolute atomic E-state index is 0.204. The lowest BCUT2D eigenvalue weighted by Gasteiger charge is -2.16. The van der Waals surface area contributed by atoms with Crippen molar-refractivity contribution in [2.75, 3.05) is 6.61 Å². The standard InChI is InChI=1S/C21H26O2/c1-4-23-21(22)19-12-8-11-18(20(19)15-16(2)3)14-13-17-9-6-5-7-10-17/h5-12,16H,4,13-15H2,1-3H3. The van der Waals surface area contributed by atoms with Crippen molar-refractivity contribution in [3.8, 4) is 0 Å². The molecule has 0 aliphatic carbocycles. The Labute approximate surface area is 139 Å². The normalized spacial score (nSPS) is 10.8. The fourth-order valence-corrected chi connectivity index (χ4v) is 2.84. The van der Waals surface area contributed by atoms with E-state index >= 15 is 0 Å². The lowest BCUT2D eigenvalue weighted by Crippen LogP contribution is -2.12. The molecule has 0 fully saturated rings. The van der Waals surface area contributed by atoms with Gasteiger partial charge in [-0.25, -0.2) is 4.79 Å². The summed E-state index contributed by atoms with van der Waals surface area (Å²) < 4.78 is 5.23. The SMILES string of the molecule is CCOC(=O)c1cccc(CCc2ccccc2)c1CC(C)C. The molecule has 0 bridgehead atoms. The Hall–Kier alpha value is -2.09. The molecule has 2 aromatic carbocycles.